The molecule has 2 aromatic rings. The Morgan fingerprint density at radius 1 is 1.00 bits per heavy atom. The van der Waals surface area contributed by atoms with Crippen molar-refractivity contribution in [3.63, 3.8) is 0 Å². The molecule has 0 spiro atoms. The third-order valence-corrected chi connectivity index (χ3v) is 5.01. The lowest BCUT2D eigenvalue weighted by Gasteiger charge is -2.25. The Morgan fingerprint density at radius 3 is 2.19 bits per heavy atom. The molecular formula is C25H28FNO5. The van der Waals surface area contributed by atoms with Crippen LogP contribution in [-0.2, 0) is 14.3 Å². The van der Waals surface area contributed by atoms with Gasteiger partial charge in [0.2, 0.25) is 0 Å². The first-order valence-electron chi connectivity index (χ1n) is 10.6. The number of aliphatic hydroxyl groups excluding tert-OH is 1. The summed E-state index contributed by atoms with van der Waals surface area (Å²) in [4.78, 5) is 27.1. The smallest absolute Gasteiger partial charge is 0.295 e. The van der Waals surface area contributed by atoms with Crippen molar-refractivity contribution in [2.45, 2.75) is 45.9 Å². The van der Waals surface area contributed by atoms with Crippen LogP contribution < -0.4 is 4.74 Å². The van der Waals surface area contributed by atoms with Crippen molar-refractivity contribution < 1.29 is 28.6 Å². The molecule has 6 nitrogen and oxygen atoms in total. The van der Waals surface area contributed by atoms with Crippen LogP contribution in [0.2, 0.25) is 0 Å². The molecule has 1 unspecified atom stereocenters. The molecule has 1 fully saturated rings. The quantitative estimate of drug-likeness (QED) is 0.372. The number of carbonyl (C=O) groups is 2. The second-order valence-electron chi connectivity index (χ2n) is 8.15. The monoisotopic (exact) mass is 441 g/mol. The Kier molecular flexibility index (Phi) is 7.30. The lowest BCUT2D eigenvalue weighted by Crippen LogP contribution is -2.33. The van der Waals surface area contributed by atoms with E-state index in [4.69, 9.17) is 9.47 Å². The van der Waals surface area contributed by atoms with Gasteiger partial charge in [0.05, 0.1) is 30.4 Å². The number of Topliss-reactive ketones (excluding diaryl/α,β-unsaturated/α-hetero) is 1. The lowest BCUT2D eigenvalue weighted by molar-refractivity contribution is -0.140. The number of ether oxygens (including phenoxy) is 2. The number of halogens is 1. The minimum Gasteiger partial charge on any atom is -0.507 e. The Labute approximate surface area is 187 Å². The summed E-state index contributed by atoms with van der Waals surface area (Å²) >= 11 is 0. The zero-order valence-corrected chi connectivity index (χ0v) is 18.7. The van der Waals surface area contributed by atoms with Crippen molar-refractivity contribution in [1.82, 2.24) is 4.90 Å². The fourth-order valence-electron chi connectivity index (χ4n) is 3.61. The van der Waals surface area contributed by atoms with Crippen molar-refractivity contribution in [1.29, 1.82) is 0 Å². The van der Waals surface area contributed by atoms with E-state index in [9.17, 15) is 19.1 Å². The summed E-state index contributed by atoms with van der Waals surface area (Å²) < 4.78 is 24.7. The summed E-state index contributed by atoms with van der Waals surface area (Å²) in [5.41, 5.74) is 0.866. The van der Waals surface area contributed by atoms with Crippen molar-refractivity contribution in [2.75, 3.05) is 13.2 Å². The maximum absolute atomic E-state index is 13.5. The van der Waals surface area contributed by atoms with Gasteiger partial charge in [0, 0.05) is 12.1 Å². The number of likely N-dealkylation sites (tertiary alicyclic amines) is 1. The van der Waals surface area contributed by atoms with Gasteiger partial charge in [0.15, 0.2) is 0 Å². The standard InChI is InChI=1S/C25H28FNO5/c1-15(2)31-14-13-27-22(17-5-9-19(26)10-6-17)21(24(29)25(27)30)23(28)18-7-11-20(12-8-18)32-16(3)4/h5-12,15-16,22,28H,13-14H2,1-4H3/b23-21-. The molecule has 1 aliphatic rings. The van der Waals surface area contributed by atoms with Crippen molar-refractivity contribution in [3.8, 4) is 5.75 Å². The molecule has 3 rings (SSSR count). The van der Waals surface area contributed by atoms with Crippen LogP contribution in [0.15, 0.2) is 54.1 Å². The van der Waals surface area contributed by atoms with E-state index in [1.165, 1.54) is 29.2 Å². The fourth-order valence-corrected chi connectivity index (χ4v) is 3.61. The number of benzene rings is 2. The van der Waals surface area contributed by atoms with Crippen LogP contribution in [0.1, 0.15) is 44.9 Å². The summed E-state index contributed by atoms with van der Waals surface area (Å²) in [7, 11) is 0. The first-order valence-corrected chi connectivity index (χ1v) is 10.6. The first-order chi connectivity index (χ1) is 15.2. The molecule has 2 aromatic carbocycles. The Balaban J connectivity index is 2.03. The summed E-state index contributed by atoms with van der Waals surface area (Å²) in [5, 5.41) is 11.0. The van der Waals surface area contributed by atoms with Crippen LogP contribution in [0.4, 0.5) is 4.39 Å². The molecule has 32 heavy (non-hydrogen) atoms. The number of aliphatic hydroxyl groups is 1. The van der Waals surface area contributed by atoms with Crippen LogP contribution in [0.5, 0.6) is 5.75 Å². The number of nitrogens with zero attached hydrogens (tertiary/aromatic N) is 1. The normalized spacial score (nSPS) is 18.1. The van der Waals surface area contributed by atoms with E-state index in [2.05, 4.69) is 0 Å². The van der Waals surface area contributed by atoms with Gasteiger partial charge in [-0.25, -0.2) is 4.39 Å². The molecule has 1 saturated heterocycles. The first kappa shape index (κ1) is 23.5. The van der Waals surface area contributed by atoms with E-state index < -0.39 is 23.5 Å². The number of rotatable bonds is 8. The summed E-state index contributed by atoms with van der Waals surface area (Å²) in [6.07, 6.45) is -0.0472. The van der Waals surface area contributed by atoms with Crippen LogP contribution in [0.3, 0.4) is 0 Å². The highest BCUT2D eigenvalue weighted by Gasteiger charge is 2.45. The van der Waals surface area contributed by atoms with Gasteiger partial charge in [0.25, 0.3) is 11.7 Å². The Hall–Kier alpha value is -3.19. The molecule has 170 valence electrons. The third kappa shape index (κ3) is 5.16. The zero-order valence-electron chi connectivity index (χ0n) is 18.7. The lowest BCUT2D eigenvalue weighted by atomic mass is 9.95. The Bertz CT molecular complexity index is 996. The van der Waals surface area contributed by atoms with Gasteiger partial charge in [-0.2, -0.15) is 0 Å². The highest BCUT2D eigenvalue weighted by Crippen LogP contribution is 2.39. The second kappa shape index (κ2) is 9.96. The van der Waals surface area contributed by atoms with E-state index in [0.29, 0.717) is 16.9 Å². The molecule has 0 aliphatic carbocycles. The fraction of sp³-hybridized carbons (Fsp3) is 0.360. The molecular weight excluding hydrogens is 413 g/mol. The molecule has 7 heteroatoms. The average molecular weight is 441 g/mol. The molecule has 1 N–H and O–H groups in total. The van der Waals surface area contributed by atoms with Gasteiger partial charge in [0.1, 0.15) is 17.3 Å². The summed E-state index contributed by atoms with van der Waals surface area (Å²) in [5.74, 6) is -1.62. The number of hydrogen-bond donors (Lipinski definition) is 1. The second-order valence-corrected chi connectivity index (χ2v) is 8.15. The highest BCUT2D eigenvalue weighted by atomic mass is 19.1. The molecule has 0 aromatic heterocycles. The molecule has 0 saturated carbocycles. The van der Waals surface area contributed by atoms with Gasteiger partial charge in [-0.1, -0.05) is 12.1 Å². The molecule has 1 atom stereocenters. The molecule has 0 radical (unpaired) electrons. The molecule has 1 amide bonds. The summed E-state index contributed by atoms with van der Waals surface area (Å²) in [6, 6.07) is 11.3. The van der Waals surface area contributed by atoms with E-state index >= 15 is 0 Å². The maximum atomic E-state index is 13.5. The van der Waals surface area contributed by atoms with Gasteiger partial charge in [-0.15, -0.1) is 0 Å². The van der Waals surface area contributed by atoms with Crippen molar-refractivity contribution in [3.05, 3.63) is 71.0 Å². The topological polar surface area (TPSA) is 76.1 Å². The molecule has 0 bridgehead atoms. The van der Waals surface area contributed by atoms with Gasteiger partial charge < -0.3 is 19.5 Å². The number of carbonyl (C=O) groups excluding carboxylic acids is 2. The van der Waals surface area contributed by atoms with Crippen molar-refractivity contribution >= 4 is 17.4 Å². The number of amides is 1. The van der Waals surface area contributed by atoms with E-state index in [1.54, 1.807) is 24.3 Å². The van der Waals surface area contributed by atoms with E-state index in [1.807, 2.05) is 27.7 Å². The van der Waals surface area contributed by atoms with Gasteiger partial charge in [-0.05, 0) is 69.7 Å². The predicted octanol–water partition coefficient (Wildman–Crippen LogP) is 4.46. The van der Waals surface area contributed by atoms with E-state index in [-0.39, 0.29) is 36.7 Å². The predicted molar refractivity (Wildman–Crippen MR) is 119 cm³/mol. The van der Waals surface area contributed by atoms with E-state index in [0.717, 1.165) is 0 Å². The van der Waals surface area contributed by atoms with Gasteiger partial charge >= 0.3 is 0 Å². The largest absolute Gasteiger partial charge is 0.507 e. The van der Waals surface area contributed by atoms with Crippen LogP contribution in [0, 0.1) is 5.82 Å². The molecule has 1 heterocycles. The minimum absolute atomic E-state index is 0.00805. The van der Waals surface area contributed by atoms with Crippen LogP contribution in [0.25, 0.3) is 5.76 Å². The third-order valence-electron chi connectivity index (χ3n) is 5.01. The average Bonchev–Trinajstić information content (AvgIpc) is 2.99. The SMILES string of the molecule is CC(C)OCCN1C(=O)C(=O)/C(=C(\O)c2ccc(OC(C)C)cc2)C1c1ccc(F)cc1. The van der Waals surface area contributed by atoms with Crippen LogP contribution >= 0.6 is 0 Å². The number of hydrogen-bond acceptors (Lipinski definition) is 5. The highest BCUT2D eigenvalue weighted by molar-refractivity contribution is 6.46. The van der Waals surface area contributed by atoms with Crippen LogP contribution in [-0.4, -0.2) is 47.1 Å². The minimum atomic E-state index is -0.849. The maximum Gasteiger partial charge on any atom is 0.295 e. The summed E-state index contributed by atoms with van der Waals surface area (Å²) in [6.45, 7) is 7.94. The number of ketones is 1. The van der Waals surface area contributed by atoms with Gasteiger partial charge in [-0.3, -0.25) is 9.59 Å². The zero-order chi connectivity index (χ0) is 23.4. The Morgan fingerprint density at radius 2 is 1.62 bits per heavy atom. The van der Waals surface area contributed by atoms with Crippen molar-refractivity contribution in [2.24, 2.45) is 0 Å². The molecule has 1 aliphatic heterocycles.